The minimum atomic E-state index is -3.45. The number of hydrogen-bond acceptors (Lipinski definition) is 3. The maximum absolute atomic E-state index is 13.0. The third-order valence-corrected chi connectivity index (χ3v) is 8.29. The highest BCUT2D eigenvalue weighted by Gasteiger charge is 2.27. The van der Waals surface area contributed by atoms with Crippen LogP contribution in [0, 0.1) is 5.92 Å². The molecule has 0 atom stereocenters. The molecule has 1 aliphatic heterocycles. The Morgan fingerprint density at radius 1 is 0.844 bits per heavy atom. The highest BCUT2D eigenvalue weighted by molar-refractivity contribution is 7.89. The second-order valence-corrected chi connectivity index (χ2v) is 10.5. The second-order valence-electron chi connectivity index (χ2n) is 8.57. The molecule has 0 saturated carbocycles. The maximum Gasteiger partial charge on any atom is 0.243 e. The van der Waals surface area contributed by atoms with Crippen molar-refractivity contribution in [1.29, 1.82) is 0 Å². The van der Waals surface area contributed by atoms with E-state index in [-0.39, 0.29) is 0 Å². The van der Waals surface area contributed by atoms with Crippen LogP contribution in [0.2, 0.25) is 0 Å². The molecule has 1 fully saturated rings. The van der Waals surface area contributed by atoms with Gasteiger partial charge in [0, 0.05) is 24.9 Å². The topological polar surface area (TPSA) is 49.7 Å². The zero-order valence-electron chi connectivity index (χ0n) is 18.1. The average Bonchev–Trinajstić information content (AvgIpc) is 2.82. The molecule has 162 valence electrons. The zero-order valence-corrected chi connectivity index (χ0v) is 18.9. The number of aliphatic imine (C=N–C) groups is 1. The molecule has 1 aliphatic rings. The van der Waals surface area contributed by atoms with Crippen LogP contribution in [0.5, 0.6) is 0 Å². The van der Waals surface area contributed by atoms with Crippen molar-refractivity contribution in [2.24, 2.45) is 10.9 Å². The Labute approximate surface area is 189 Å². The predicted molar refractivity (Wildman–Crippen MR) is 132 cm³/mol. The molecule has 0 bridgehead atoms. The fraction of sp³-hybridized carbons (Fsp3) is 0.222. The van der Waals surface area contributed by atoms with Crippen molar-refractivity contribution in [1.82, 2.24) is 4.31 Å². The van der Waals surface area contributed by atoms with Crippen molar-refractivity contribution in [3.05, 3.63) is 84.4 Å². The Balaban J connectivity index is 1.46. The fourth-order valence-electron chi connectivity index (χ4n) is 4.41. The third kappa shape index (κ3) is 3.94. The molecule has 32 heavy (non-hydrogen) atoms. The van der Waals surface area contributed by atoms with E-state index in [0.29, 0.717) is 23.9 Å². The van der Waals surface area contributed by atoms with Gasteiger partial charge in [0.15, 0.2) is 0 Å². The number of benzene rings is 4. The van der Waals surface area contributed by atoms with Crippen LogP contribution < -0.4 is 0 Å². The van der Waals surface area contributed by atoms with Gasteiger partial charge < -0.3 is 0 Å². The van der Waals surface area contributed by atoms with Gasteiger partial charge >= 0.3 is 0 Å². The van der Waals surface area contributed by atoms with Gasteiger partial charge in [-0.05, 0) is 70.6 Å². The number of hydrogen-bond donors (Lipinski definition) is 0. The Bertz CT molecular complexity index is 1350. The molecule has 1 saturated heterocycles. The highest BCUT2D eigenvalue weighted by Crippen LogP contribution is 2.29. The fourth-order valence-corrected chi connectivity index (χ4v) is 5.88. The van der Waals surface area contributed by atoms with E-state index in [1.807, 2.05) is 30.5 Å². The first kappa shape index (κ1) is 20.9. The Kier molecular flexibility index (Phi) is 5.53. The molecule has 0 aromatic heterocycles. The molecule has 1 heterocycles. The molecule has 0 unspecified atom stereocenters. The second kappa shape index (κ2) is 8.49. The molecule has 4 aromatic carbocycles. The summed E-state index contributed by atoms with van der Waals surface area (Å²) in [6.07, 6.45) is 3.72. The van der Waals surface area contributed by atoms with E-state index in [1.165, 1.54) is 10.8 Å². The summed E-state index contributed by atoms with van der Waals surface area (Å²) in [6, 6.07) is 25.7. The summed E-state index contributed by atoms with van der Waals surface area (Å²) in [7, 11) is -3.45. The molecule has 0 radical (unpaired) electrons. The Morgan fingerprint density at radius 2 is 1.41 bits per heavy atom. The smallest absolute Gasteiger partial charge is 0.243 e. The van der Waals surface area contributed by atoms with Crippen molar-refractivity contribution in [3.8, 4) is 0 Å². The van der Waals surface area contributed by atoms with E-state index in [1.54, 1.807) is 28.6 Å². The van der Waals surface area contributed by atoms with Crippen LogP contribution in [0.25, 0.3) is 21.5 Å². The number of nitrogens with zero attached hydrogens (tertiary/aromatic N) is 2. The quantitative estimate of drug-likeness (QED) is 0.281. The van der Waals surface area contributed by atoms with Gasteiger partial charge in [-0.25, -0.2) is 8.42 Å². The summed E-state index contributed by atoms with van der Waals surface area (Å²) in [5.41, 5.74) is 1.80. The van der Waals surface area contributed by atoms with Crippen molar-refractivity contribution in [2.75, 3.05) is 13.1 Å². The minimum absolute atomic E-state index is 0.335. The molecule has 5 heteroatoms. The van der Waals surface area contributed by atoms with E-state index in [4.69, 9.17) is 0 Å². The monoisotopic (exact) mass is 442 g/mol. The van der Waals surface area contributed by atoms with Crippen molar-refractivity contribution in [3.63, 3.8) is 0 Å². The lowest BCUT2D eigenvalue weighted by Gasteiger charge is -2.29. The summed E-state index contributed by atoms with van der Waals surface area (Å²) in [4.78, 5) is 5.02. The molecular formula is C27H26N2O2S. The molecule has 0 N–H and O–H groups in total. The minimum Gasteiger partial charge on any atom is -0.256 e. The number of piperidine rings is 1. The first-order valence-electron chi connectivity index (χ1n) is 11.1. The average molecular weight is 443 g/mol. The van der Waals surface area contributed by atoms with Crippen molar-refractivity contribution in [2.45, 2.75) is 24.7 Å². The normalized spacial score (nSPS) is 16.3. The van der Waals surface area contributed by atoms with Crippen LogP contribution in [0.4, 0.5) is 5.69 Å². The predicted octanol–water partition coefficient (Wildman–Crippen LogP) is 6.16. The van der Waals surface area contributed by atoms with Crippen LogP contribution in [-0.4, -0.2) is 32.0 Å². The van der Waals surface area contributed by atoms with Gasteiger partial charge in [0.25, 0.3) is 0 Å². The van der Waals surface area contributed by atoms with Crippen LogP contribution in [0.15, 0.2) is 88.8 Å². The van der Waals surface area contributed by atoms with Crippen molar-refractivity contribution >= 4 is 43.5 Å². The van der Waals surface area contributed by atoms with Gasteiger partial charge in [-0.1, -0.05) is 55.5 Å². The van der Waals surface area contributed by atoms with E-state index >= 15 is 0 Å². The van der Waals surface area contributed by atoms with Gasteiger partial charge in [-0.3, -0.25) is 4.99 Å². The first-order valence-corrected chi connectivity index (χ1v) is 12.5. The standard InChI is InChI=1S/C27H26N2O2S/c1-20-14-16-29(17-15-20)32(30,31)24-12-10-23(11-13-24)28-19-27-25-8-4-2-6-21(25)18-22-7-3-5-9-26(22)27/h2-13,18-20H,14-17H2,1H3. The molecule has 4 nitrogen and oxygen atoms in total. The van der Waals surface area contributed by atoms with Gasteiger partial charge in [0.1, 0.15) is 0 Å². The third-order valence-electron chi connectivity index (χ3n) is 6.37. The SMILES string of the molecule is CC1CCN(S(=O)(=O)c2ccc(N=Cc3c4ccccc4cc4ccccc34)cc2)CC1. The summed E-state index contributed by atoms with van der Waals surface area (Å²) < 4.78 is 27.5. The van der Waals surface area contributed by atoms with E-state index in [0.717, 1.165) is 34.9 Å². The largest absolute Gasteiger partial charge is 0.256 e. The Hall–Kier alpha value is -3.02. The number of fused-ring (bicyclic) bond motifs is 2. The molecule has 4 aromatic rings. The van der Waals surface area contributed by atoms with Gasteiger partial charge in [0.2, 0.25) is 10.0 Å². The summed E-state index contributed by atoms with van der Waals surface area (Å²) in [5.74, 6) is 0.586. The lowest BCUT2D eigenvalue weighted by atomic mass is 9.97. The first-order chi connectivity index (χ1) is 15.5. The molecule has 0 amide bonds. The van der Waals surface area contributed by atoms with E-state index in [2.05, 4.69) is 42.2 Å². The number of sulfonamides is 1. The van der Waals surface area contributed by atoms with Gasteiger partial charge in [-0.2, -0.15) is 4.31 Å². The summed E-state index contributed by atoms with van der Waals surface area (Å²) in [6.45, 7) is 3.37. The zero-order chi connectivity index (χ0) is 22.1. The maximum atomic E-state index is 13.0. The highest BCUT2D eigenvalue weighted by atomic mass is 32.2. The lowest BCUT2D eigenvalue weighted by Crippen LogP contribution is -2.37. The van der Waals surface area contributed by atoms with Crippen LogP contribution >= 0.6 is 0 Å². The van der Waals surface area contributed by atoms with E-state index in [9.17, 15) is 8.42 Å². The molecule has 5 rings (SSSR count). The lowest BCUT2D eigenvalue weighted by molar-refractivity contribution is 0.288. The summed E-state index contributed by atoms with van der Waals surface area (Å²) >= 11 is 0. The molecule has 0 spiro atoms. The van der Waals surface area contributed by atoms with Crippen LogP contribution in [0.1, 0.15) is 25.3 Å². The van der Waals surface area contributed by atoms with Gasteiger partial charge in [-0.15, -0.1) is 0 Å². The van der Waals surface area contributed by atoms with Crippen LogP contribution in [0.3, 0.4) is 0 Å². The Morgan fingerprint density at radius 3 is 2.00 bits per heavy atom. The molecule has 0 aliphatic carbocycles. The van der Waals surface area contributed by atoms with Gasteiger partial charge in [0.05, 0.1) is 10.6 Å². The van der Waals surface area contributed by atoms with Crippen molar-refractivity contribution < 1.29 is 8.42 Å². The molecular weight excluding hydrogens is 416 g/mol. The van der Waals surface area contributed by atoms with E-state index < -0.39 is 10.0 Å². The summed E-state index contributed by atoms with van der Waals surface area (Å²) in [5, 5.41) is 4.64. The van der Waals surface area contributed by atoms with Crippen LogP contribution in [-0.2, 0) is 10.0 Å². The number of rotatable bonds is 4.